The van der Waals surface area contributed by atoms with Crippen LogP contribution in [0.5, 0.6) is 5.75 Å². The Hall–Kier alpha value is -1.64. The van der Waals surface area contributed by atoms with Crippen LogP contribution in [-0.2, 0) is 5.41 Å². The lowest BCUT2D eigenvalue weighted by Crippen LogP contribution is -2.30. The van der Waals surface area contributed by atoms with Gasteiger partial charge in [-0.15, -0.1) is 15.3 Å². The van der Waals surface area contributed by atoms with Gasteiger partial charge < -0.3 is 4.74 Å². The third-order valence-corrected chi connectivity index (χ3v) is 5.59. The summed E-state index contributed by atoms with van der Waals surface area (Å²) in [5.74, 6) is 1.34. The van der Waals surface area contributed by atoms with Crippen molar-refractivity contribution < 1.29 is 4.74 Å². The van der Waals surface area contributed by atoms with E-state index in [9.17, 15) is 4.79 Å². The molecule has 0 fully saturated rings. The van der Waals surface area contributed by atoms with Crippen LogP contribution in [0.3, 0.4) is 0 Å². The van der Waals surface area contributed by atoms with Crippen molar-refractivity contribution in [1.29, 1.82) is 0 Å². The summed E-state index contributed by atoms with van der Waals surface area (Å²) in [4.78, 5) is 13.0. The zero-order valence-corrected chi connectivity index (χ0v) is 16.4. The maximum atomic E-state index is 12.5. The van der Waals surface area contributed by atoms with Gasteiger partial charge in [0.15, 0.2) is 4.34 Å². The predicted molar refractivity (Wildman–Crippen MR) is 101 cm³/mol. The van der Waals surface area contributed by atoms with Crippen molar-refractivity contribution in [3.63, 3.8) is 0 Å². The number of aromatic nitrogens is 4. The molecule has 25 heavy (non-hydrogen) atoms. The van der Waals surface area contributed by atoms with Crippen LogP contribution in [0.4, 0.5) is 0 Å². The fourth-order valence-electron chi connectivity index (χ4n) is 2.07. The van der Waals surface area contributed by atoms with E-state index in [1.807, 2.05) is 39.0 Å². The van der Waals surface area contributed by atoms with Crippen LogP contribution in [0.15, 0.2) is 33.4 Å². The average molecular weight is 397 g/mol. The fraction of sp³-hybridized carbons (Fsp3) is 0.375. The summed E-state index contributed by atoms with van der Waals surface area (Å²) < 4.78 is 7.73. The highest BCUT2D eigenvalue weighted by atomic mass is 35.5. The lowest BCUT2D eigenvalue weighted by molar-refractivity contribution is 0.344. The zero-order chi connectivity index (χ0) is 18.0. The molecule has 0 aliphatic rings. The number of hydrogen-bond donors (Lipinski definition) is 0. The molecule has 9 heteroatoms. The quantitative estimate of drug-likeness (QED) is 0.484. The van der Waals surface area contributed by atoms with E-state index in [4.69, 9.17) is 16.3 Å². The van der Waals surface area contributed by atoms with Gasteiger partial charge in [0.05, 0.1) is 11.6 Å². The van der Waals surface area contributed by atoms with Crippen molar-refractivity contribution in [2.75, 3.05) is 12.4 Å². The molecule has 2 heterocycles. The Morgan fingerprint density at radius 2 is 2.04 bits per heavy atom. The van der Waals surface area contributed by atoms with E-state index in [2.05, 4.69) is 15.3 Å². The molecule has 0 N–H and O–H groups in total. The summed E-state index contributed by atoms with van der Waals surface area (Å²) in [6.07, 6.45) is 0. The maximum absolute atomic E-state index is 12.5. The Morgan fingerprint density at radius 1 is 1.28 bits per heavy atom. The molecule has 0 unspecified atom stereocenters. The smallest absolute Gasteiger partial charge is 0.297 e. The molecule has 2 aromatic heterocycles. The van der Waals surface area contributed by atoms with Crippen molar-refractivity contribution in [1.82, 2.24) is 19.8 Å². The van der Waals surface area contributed by atoms with Gasteiger partial charge in [-0.05, 0) is 12.1 Å². The van der Waals surface area contributed by atoms with Crippen LogP contribution in [0.25, 0.3) is 4.96 Å². The van der Waals surface area contributed by atoms with Gasteiger partial charge in [0, 0.05) is 11.2 Å². The molecule has 0 saturated heterocycles. The topological polar surface area (TPSA) is 69.4 Å². The molecule has 0 atom stereocenters. The normalized spacial score (nSPS) is 11.8. The molecule has 6 nitrogen and oxygen atoms in total. The van der Waals surface area contributed by atoms with Crippen molar-refractivity contribution in [3.05, 3.63) is 45.3 Å². The van der Waals surface area contributed by atoms with Crippen molar-refractivity contribution in [3.8, 4) is 5.75 Å². The summed E-state index contributed by atoms with van der Waals surface area (Å²) in [7, 11) is 0. The molecule has 1 aromatic carbocycles. The van der Waals surface area contributed by atoms with Crippen LogP contribution >= 0.6 is 34.7 Å². The first-order valence-electron chi connectivity index (χ1n) is 7.63. The number of benzene rings is 1. The summed E-state index contributed by atoms with van der Waals surface area (Å²) in [5.41, 5.74) is -0.174. The number of ether oxygens (including phenoxy) is 1. The van der Waals surface area contributed by atoms with Gasteiger partial charge in [-0.25, -0.2) is 0 Å². The molecule has 0 amide bonds. The van der Waals surface area contributed by atoms with Gasteiger partial charge in [0.2, 0.25) is 4.96 Å². The number of halogens is 1. The van der Waals surface area contributed by atoms with E-state index in [0.29, 0.717) is 33.8 Å². The summed E-state index contributed by atoms with van der Waals surface area (Å²) in [6.45, 7) is 6.27. The minimum Gasteiger partial charge on any atom is -0.491 e. The van der Waals surface area contributed by atoms with Gasteiger partial charge in [-0.3, -0.25) is 4.79 Å². The first kappa shape index (κ1) is 18.2. The van der Waals surface area contributed by atoms with E-state index in [1.165, 1.54) is 27.6 Å². The monoisotopic (exact) mass is 396 g/mol. The lowest BCUT2D eigenvalue weighted by atomic mass is 9.93. The second-order valence-electron chi connectivity index (χ2n) is 6.29. The van der Waals surface area contributed by atoms with E-state index in [1.54, 1.807) is 6.07 Å². The molecule has 0 aliphatic carbocycles. The van der Waals surface area contributed by atoms with Gasteiger partial charge in [0.1, 0.15) is 11.4 Å². The van der Waals surface area contributed by atoms with E-state index in [-0.39, 0.29) is 11.0 Å². The highest BCUT2D eigenvalue weighted by Crippen LogP contribution is 2.26. The molecule has 0 spiro atoms. The second-order valence-corrected chi connectivity index (χ2v) is 9.00. The SMILES string of the molecule is CC(C)(C)c1nnc2sc(SCCOc3ccccc3Cl)nn2c1=O. The van der Waals surface area contributed by atoms with Crippen LogP contribution < -0.4 is 10.3 Å². The van der Waals surface area contributed by atoms with E-state index in [0.717, 1.165) is 4.34 Å². The highest BCUT2D eigenvalue weighted by molar-refractivity contribution is 8.01. The van der Waals surface area contributed by atoms with Crippen molar-refractivity contribution in [2.24, 2.45) is 0 Å². The third-order valence-electron chi connectivity index (χ3n) is 3.29. The molecule has 0 radical (unpaired) electrons. The predicted octanol–water partition coefficient (Wildman–Crippen LogP) is 3.67. The Balaban J connectivity index is 1.68. The van der Waals surface area contributed by atoms with Gasteiger partial charge in [0.25, 0.3) is 5.56 Å². The van der Waals surface area contributed by atoms with Crippen molar-refractivity contribution in [2.45, 2.75) is 30.5 Å². The van der Waals surface area contributed by atoms with Gasteiger partial charge in [-0.2, -0.15) is 4.52 Å². The Morgan fingerprint density at radius 3 is 2.76 bits per heavy atom. The maximum Gasteiger partial charge on any atom is 0.297 e. The Labute approximate surface area is 158 Å². The minimum absolute atomic E-state index is 0.215. The number of thioether (sulfide) groups is 1. The van der Waals surface area contributed by atoms with E-state index < -0.39 is 0 Å². The number of hydrogen-bond acceptors (Lipinski definition) is 7. The summed E-state index contributed by atoms with van der Waals surface area (Å²) in [5, 5.41) is 13.1. The number of para-hydroxylation sites is 1. The molecular formula is C16H17ClN4O2S2. The lowest BCUT2D eigenvalue weighted by Gasteiger charge is -2.14. The molecule has 3 aromatic rings. The third kappa shape index (κ3) is 4.13. The standard InChI is InChI=1S/C16H17ClN4O2S2/c1-16(2,3)12-13(22)21-14(19-18-12)25-15(20-21)24-9-8-23-11-7-5-4-6-10(11)17/h4-7H,8-9H2,1-3H3. The van der Waals surface area contributed by atoms with E-state index >= 15 is 0 Å². The van der Waals surface area contributed by atoms with Crippen LogP contribution in [0, 0.1) is 0 Å². The zero-order valence-electron chi connectivity index (χ0n) is 14.0. The average Bonchev–Trinajstić information content (AvgIpc) is 2.96. The molecular weight excluding hydrogens is 380 g/mol. The number of nitrogens with zero attached hydrogens (tertiary/aromatic N) is 4. The van der Waals surface area contributed by atoms with Gasteiger partial charge in [-0.1, -0.05) is 67.6 Å². The molecule has 0 aliphatic heterocycles. The van der Waals surface area contributed by atoms with Gasteiger partial charge >= 0.3 is 0 Å². The Bertz CT molecular complexity index is 949. The molecule has 0 saturated carbocycles. The number of rotatable bonds is 5. The molecule has 3 rings (SSSR count). The number of fused-ring (bicyclic) bond motifs is 1. The van der Waals surface area contributed by atoms with Crippen LogP contribution in [0.1, 0.15) is 26.5 Å². The van der Waals surface area contributed by atoms with Crippen LogP contribution in [-0.4, -0.2) is 32.2 Å². The molecule has 132 valence electrons. The first-order chi connectivity index (χ1) is 11.9. The Kier molecular flexibility index (Phi) is 5.31. The fourth-order valence-corrected chi connectivity index (χ4v) is 4.02. The largest absolute Gasteiger partial charge is 0.491 e. The summed E-state index contributed by atoms with van der Waals surface area (Å²) >= 11 is 8.89. The van der Waals surface area contributed by atoms with Crippen LogP contribution in [0.2, 0.25) is 5.02 Å². The molecule has 0 bridgehead atoms. The highest BCUT2D eigenvalue weighted by Gasteiger charge is 2.23. The van der Waals surface area contributed by atoms with Crippen molar-refractivity contribution >= 4 is 39.7 Å². The second kappa shape index (κ2) is 7.31. The summed E-state index contributed by atoms with van der Waals surface area (Å²) in [6, 6.07) is 7.35. The minimum atomic E-state index is -0.370. The first-order valence-corrected chi connectivity index (χ1v) is 9.81.